The molecule has 1 aromatic carbocycles. The van der Waals surface area contributed by atoms with Crippen molar-refractivity contribution in [3.8, 4) is 16.9 Å². The van der Waals surface area contributed by atoms with Crippen LogP contribution in [0.5, 0.6) is 0 Å². The number of rotatable bonds is 5. The van der Waals surface area contributed by atoms with Gasteiger partial charge in [0.25, 0.3) is 0 Å². The van der Waals surface area contributed by atoms with E-state index >= 15 is 0 Å². The Kier molecular flexibility index (Phi) is 8.72. The second kappa shape index (κ2) is 12.2. The minimum atomic E-state index is -0.620. The van der Waals surface area contributed by atoms with Gasteiger partial charge in [0.2, 0.25) is 0 Å². The monoisotopic (exact) mass is 630 g/mol. The number of piperazine rings is 1. The molecule has 0 spiro atoms. The Morgan fingerprint density at radius 3 is 2.38 bits per heavy atom. The van der Waals surface area contributed by atoms with Crippen LogP contribution in [0.2, 0.25) is 5.02 Å². The van der Waals surface area contributed by atoms with Gasteiger partial charge in [-0.15, -0.1) is 0 Å². The van der Waals surface area contributed by atoms with Crippen LogP contribution in [0.15, 0.2) is 47.4 Å². The van der Waals surface area contributed by atoms with Crippen molar-refractivity contribution in [2.45, 2.75) is 79.0 Å². The zero-order valence-electron chi connectivity index (χ0n) is 27.0. The molecule has 0 N–H and O–H groups in total. The van der Waals surface area contributed by atoms with Gasteiger partial charge in [-0.05, 0) is 65.2 Å². The van der Waals surface area contributed by atoms with E-state index in [9.17, 15) is 14.4 Å². The van der Waals surface area contributed by atoms with Crippen molar-refractivity contribution >= 4 is 40.8 Å². The largest absolute Gasteiger partial charge is 0.444 e. The van der Waals surface area contributed by atoms with Crippen LogP contribution in [-0.4, -0.2) is 67.6 Å². The fraction of sp³-hybridized carbons (Fsp3) is 0.412. The highest BCUT2D eigenvalue weighted by atomic mass is 35.5. The van der Waals surface area contributed by atoms with E-state index in [-0.39, 0.29) is 24.1 Å². The fourth-order valence-electron chi connectivity index (χ4n) is 6.01. The Bertz CT molecular complexity index is 1840. The maximum absolute atomic E-state index is 14.2. The highest BCUT2D eigenvalue weighted by Crippen LogP contribution is 2.37. The smallest absolute Gasteiger partial charge is 0.410 e. The number of ether oxygens (including phenoxy) is 1. The van der Waals surface area contributed by atoms with E-state index < -0.39 is 11.3 Å². The normalized spacial score (nSPS) is 17.2. The molecule has 0 aliphatic carbocycles. The molecule has 1 amide bonds. The highest BCUT2D eigenvalue weighted by molar-refractivity contribution is 6.34. The van der Waals surface area contributed by atoms with E-state index in [0.29, 0.717) is 57.5 Å². The standard InChI is InChI=1S/C34H39ClN6O4/c1-19(2)27-29(20(3)13-14-36-27)41-30-25(15-26(35)28(37-30)24-12-10-9-11-23(24)18-42)31(38-32(41)43)40-21(4)16-39(17-22(40)5)33(44)45-34(6,7)8/h9-15,18-19,21-22H,16-17H2,1-8H3/t21-,22-/m0/s1. The van der Waals surface area contributed by atoms with E-state index in [1.165, 1.54) is 4.57 Å². The third-order valence-electron chi connectivity index (χ3n) is 7.88. The van der Waals surface area contributed by atoms with Gasteiger partial charge in [0.15, 0.2) is 11.9 Å². The van der Waals surface area contributed by atoms with Crippen LogP contribution in [0.1, 0.15) is 76.0 Å². The van der Waals surface area contributed by atoms with E-state index in [2.05, 4.69) is 9.97 Å². The third kappa shape index (κ3) is 6.16. The third-order valence-corrected chi connectivity index (χ3v) is 8.17. The molecule has 11 heteroatoms. The zero-order chi connectivity index (χ0) is 32.8. The Balaban J connectivity index is 1.77. The van der Waals surface area contributed by atoms with Crippen molar-refractivity contribution in [3.05, 3.63) is 74.9 Å². The van der Waals surface area contributed by atoms with Crippen LogP contribution in [0.25, 0.3) is 28.0 Å². The van der Waals surface area contributed by atoms with Crippen LogP contribution < -0.4 is 10.6 Å². The number of pyridine rings is 2. The Hall–Kier alpha value is -4.31. The van der Waals surface area contributed by atoms with Gasteiger partial charge in [0.05, 0.1) is 27.5 Å². The number of benzene rings is 1. The molecule has 45 heavy (non-hydrogen) atoms. The zero-order valence-corrected chi connectivity index (χ0v) is 27.7. The lowest BCUT2D eigenvalue weighted by Crippen LogP contribution is -2.59. The maximum atomic E-state index is 14.2. The topological polar surface area (TPSA) is 111 Å². The van der Waals surface area contributed by atoms with Crippen molar-refractivity contribution in [2.75, 3.05) is 18.0 Å². The second-order valence-corrected chi connectivity index (χ2v) is 13.4. The maximum Gasteiger partial charge on any atom is 0.410 e. The number of fused-ring (bicyclic) bond motifs is 1. The van der Waals surface area contributed by atoms with Gasteiger partial charge in [0, 0.05) is 42.5 Å². The molecule has 236 valence electrons. The number of anilines is 1. The van der Waals surface area contributed by atoms with Gasteiger partial charge in [-0.2, -0.15) is 4.98 Å². The number of hydrogen-bond acceptors (Lipinski definition) is 8. The molecular weight excluding hydrogens is 592 g/mol. The number of amides is 1. The second-order valence-electron chi connectivity index (χ2n) is 13.0. The molecule has 1 aliphatic heterocycles. The first-order chi connectivity index (χ1) is 21.2. The molecule has 0 bridgehead atoms. The number of aryl methyl sites for hydroxylation is 1. The van der Waals surface area contributed by atoms with Gasteiger partial charge < -0.3 is 14.5 Å². The molecule has 2 atom stereocenters. The highest BCUT2D eigenvalue weighted by Gasteiger charge is 2.36. The van der Waals surface area contributed by atoms with E-state index in [4.69, 9.17) is 21.3 Å². The van der Waals surface area contributed by atoms with E-state index in [1.54, 1.807) is 35.4 Å². The Labute approximate surface area is 268 Å². The molecule has 1 aliphatic rings. The van der Waals surface area contributed by atoms with Gasteiger partial charge in [0.1, 0.15) is 11.4 Å². The number of carbonyl (C=O) groups excluding carboxylic acids is 2. The number of carbonyl (C=O) groups is 2. The molecule has 0 saturated carbocycles. The predicted molar refractivity (Wildman–Crippen MR) is 177 cm³/mol. The average Bonchev–Trinajstić information content (AvgIpc) is 2.96. The van der Waals surface area contributed by atoms with Crippen molar-refractivity contribution in [2.24, 2.45) is 0 Å². The predicted octanol–water partition coefficient (Wildman–Crippen LogP) is 6.57. The molecule has 1 fully saturated rings. The Morgan fingerprint density at radius 1 is 1.09 bits per heavy atom. The first-order valence-electron chi connectivity index (χ1n) is 15.1. The van der Waals surface area contributed by atoms with Crippen LogP contribution in [-0.2, 0) is 4.74 Å². The van der Waals surface area contributed by atoms with Gasteiger partial charge in [-0.3, -0.25) is 9.78 Å². The van der Waals surface area contributed by atoms with Crippen LogP contribution >= 0.6 is 11.6 Å². The van der Waals surface area contributed by atoms with Gasteiger partial charge in [-0.25, -0.2) is 19.1 Å². The summed E-state index contributed by atoms with van der Waals surface area (Å²) in [5.41, 5.74) is 2.74. The van der Waals surface area contributed by atoms with Crippen molar-refractivity contribution < 1.29 is 14.3 Å². The summed E-state index contributed by atoms with van der Waals surface area (Å²) in [5.74, 6) is 0.428. The summed E-state index contributed by atoms with van der Waals surface area (Å²) in [4.78, 5) is 57.2. The van der Waals surface area contributed by atoms with Crippen molar-refractivity contribution in [1.82, 2.24) is 24.4 Å². The van der Waals surface area contributed by atoms with Crippen LogP contribution in [0.3, 0.4) is 0 Å². The number of halogens is 1. The summed E-state index contributed by atoms with van der Waals surface area (Å²) in [6, 6.07) is 10.2. The minimum absolute atomic E-state index is 0.00469. The number of aromatic nitrogens is 4. The summed E-state index contributed by atoms with van der Waals surface area (Å²) in [7, 11) is 0. The van der Waals surface area contributed by atoms with E-state index in [1.807, 2.05) is 72.4 Å². The molecule has 5 rings (SSSR count). The van der Waals surface area contributed by atoms with Gasteiger partial charge >= 0.3 is 11.8 Å². The summed E-state index contributed by atoms with van der Waals surface area (Å²) in [5, 5.41) is 0.874. The summed E-state index contributed by atoms with van der Waals surface area (Å²) in [6.07, 6.45) is 2.11. The summed E-state index contributed by atoms with van der Waals surface area (Å²) < 4.78 is 7.15. The van der Waals surface area contributed by atoms with Crippen LogP contribution in [0, 0.1) is 6.92 Å². The molecule has 0 radical (unpaired) electrons. The lowest BCUT2D eigenvalue weighted by molar-refractivity contribution is 0.0192. The molecule has 10 nitrogen and oxygen atoms in total. The number of aldehydes is 1. The number of nitrogens with zero attached hydrogens (tertiary/aromatic N) is 6. The summed E-state index contributed by atoms with van der Waals surface area (Å²) >= 11 is 6.93. The molecule has 0 unspecified atom stereocenters. The molecule has 4 heterocycles. The summed E-state index contributed by atoms with van der Waals surface area (Å²) in [6.45, 7) is 16.2. The quantitative estimate of drug-likeness (QED) is 0.228. The van der Waals surface area contributed by atoms with Crippen LogP contribution in [0.4, 0.5) is 10.6 Å². The SMILES string of the molecule is Cc1ccnc(C(C)C)c1-n1c(=O)nc(N2[C@@H](C)CN(C(=O)OC(C)(C)C)C[C@@H]2C)c2cc(Cl)c(-c3ccccc3C=O)nc21. The molecule has 4 aromatic rings. The first kappa shape index (κ1) is 32.1. The lowest BCUT2D eigenvalue weighted by Gasteiger charge is -2.45. The first-order valence-corrected chi connectivity index (χ1v) is 15.5. The lowest BCUT2D eigenvalue weighted by atomic mass is 10.0. The fourth-order valence-corrected chi connectivity index (χ4v) is 6.26. The van der Waals surface area contributed by atoms with Crippen molar-refractivity contribution in [3.63, 3.8) is 0 Å². The van der Waals surface area contributed by atoms with E-state index in [0.717, 1.165) is 17.5 Å². The average molecular weight is 631 g/mol. The molecule has 1 saturated heterocycles. The van der Waals surface area contributed by atoms with Gasteiger partial charge in [-0.1, -0.05) is 49.7 Å². The molecular formula is C34H39ClN6O4. The van der Waals surface area contributed by atoms with Crippen molar-refractivity contribution in [1.29, 1.82) is 0 Å². The molecule has 3 aromatic heterocycles. The minimum Gasteiger partial charge on any atom is -0.444 e. The Morgan fingerprint density at radius 2 is 1.76 bits per heavy atom. The number of hydrogen-bond donors (Lipinski definition) is 0.